The molecule has 0 bridgehead atoms. The maximum atomic E-state index is 4.46. The third-order valence-electron chi connectivity index (χ3n) is 3.66. The number of benzene rings is 1. The molecule has 2 aromatic rings. The van der Waals surface area contributed by atoms with Crippen molar-refractivity contribution in [3.63, 3.8) is 0 Å². The van der Waals surface area contributed by atoms with Gasteiger partial charge in [-0.15, -0.1) is 11.8 Å². The number of aromatic nitrogens is 2. The minimum absolute atomic E-state index is 0.588. The molecule has 1 aromatic carbocycles. The molecule has 0 saturated heterocycles. The number of imidazole rings is 1. The Bertz CT molecular complexity index is 544. The number of nitrogens with one attached hydrogen (secondary N) is 1. The van der Waals surface area contributed by atoms with Crippen LogP contribution in [0.2, 0.25) is 0 Å². The molecule has 1 heterocycles. The topological polar surface area (TPSA) is 29.9 Å². The van der Waals surface area contributed by atoms with Crippen molar-refractivity contribution in [2.24, 2.45) is 0 Å². The van der Waals surface area contributed by atoms with Crippen LogP contribution >= 0.6 is 11.8 Å². The summed E-state index contributed by atoms with van der Waals surface area (Å²) in [6, 6.07) is 9.15. The van der Waals surface area contributed by atoms with Crippen LogP contribution < -0.4 is 5.32 Å². The zero-order valence-electron chi connectivity index (χ0n) is 11.2. The monoisotopic (exact) mass is 273 g/mol. The lowest BCUT2D eigenvalue weighted by Gasteiger charge is -2.15. The van der Waals surface area contributed by atoms with Crippen LogP contribution in [0, 0.1) is 0 Å². The number of rotatable bonds is 4. The van der Waals surface area contributed by atoms with E-state index in [1.807, 2.05) is 12.4 Å². The first-order chi connectivity index (χ1) is 9.36. The molecule has 1 saturated carbocycles. The first-order valence-electron chi connectivity index (χ1n) is 6.81. The second-order valence-electron chi connectivity index (χ2n) is 4.95. The van der Waals surface area contributed by atoms with E-state index in [1.54, 1.807) is 11.8 Å². The van der Waals surface area contributed by atoms with Crippen LogP contribution in [-0.4, -0.2) is 21.8 Å². The quantitative estimate of drug-likeness (QED) is 0.855. The highest BCUT2D eigenvalue weighted by atomic mass is 32.2. The fourth-order valence-corrected chi connectivity index (χ4v) is 3.08. The molecular formula is C15H19N3S. The van der Waals surface area contributed by atoms with E-state index in [0.717, 1.165) is 5.95 Å². The molecular weight excluding hydrogens is 254 g/mol. The molecule has 100 valence electrons. The third kappa shape index (κ3) is 2.78. The number of thioether (sulfide) groups is 1. The van der Waals surface area contributed by atoms with Crippen LogP contribution in [0.1, 0.15) is 25.7 Å². The Kier molecular flexibility index (Phi) is 3.78. The highest BCUT2D eigenvalue weighted by Gasteiger charge is 2.16. The van der Waals surface area contributed by atoms with E-state index in [4.69, 9.17) is 0 Å². The van der Waals surface area contributed by atoms with E-state index in [9.17, 15) is 0 Å². The van der Waals surface area contributed by atoms with Gasteiger partial charge in [0, 0.05) is 29.0 Å². The summed E-state index contributed by atoms with van der Waals surface area (Å²) >= 11 is 1.76. The third-order valence-corrected chi connectivity index (χ3v) is 4.39. The molecule has 1 aliphatic rings. The van der Waals surface area contributed by atoms with Gasteiger partial charge in [-0.2, -0.15) is 0 Å². The lowest BCUT2D eigenvalue weighted by molar-refractivity contribution is 0.740. The van der Waals surface area contributed by atoms with Crippen molar-refractivity contribution in [1.29, 1.82) is 0 Å². The Hall–Kier alpha value is -1.42. The molecule has 0 aliphatic heterocycles. The summed E-state index contributed by atoms with van der Waals surface area (Å²) in [5.41, 5.74) is 1.17. The standard InChI is InChI=1S/C15H19N3S/c1-19-14-8-4-7-13(11-14)18-10-9-16-15(18)17-12-5-2-3-6-12/h4,7-12H,2-3,5-6H2,1H3,(H,16,17). The average molecular weight is 273 g/mol. The van der Waals surface area contributed by atoms with Gasteiger partial charge in [-0.25, -0.2) is 4.98 Å². The fraction of sp³-hybridized carbons (Fsp3) is 0.400. The molecule has 0 unspecified atom stereocenters. The molecule has 1 aliphatic carbocycles. The van der Waals surface area contributed by atoms with E-state index in [0.29, 0.717) is 6.04 Å². The van der Waals surface area contributed by atoms with Crippen molar-refractivity contribution in [2.45, 2.75) is 36.6 Å². The number of hydrogen-bond acceptors (Lipinski definition) is 3. The predicted molar refractivity (Wildman–Crippen MR) is 81.2 cm³/mol. The Morgan fingerprint density at radius 1 is 1.32 bits per heavy atom. The molecule has 0 spiro atoms. The van der Waals surface area contributed by atoms with Crippen molar-refractivity contribution in [3.8, 4) is 5.69 Å². The highest BCUT2D eigenvalue weighted by Crippen LogP contribution is 2.24. The summed E-state index contributed by atoms with van der Waals surface area (Å²) < 4.78 is 2.14. The van der Waals surface area contributed by atoms with Crippen molar-refractivity contribution in [3.05, 3.63) is 36.7 Å². The van der Waals surface area contributed by atoms with Crippen LogP contribution in [0.5, 0.6) is 0 Å². The number of hydrogen-bond donors (Lipinski definition) is 1. The van der Waals surface area contributed by atoms with Crippen molar-refractivity contribution in [1.82, 2.24) is 9.55 Å². The van der Waals surface area contributed by atoms with Gasteiger partial charge >= 0.3 is 0 Å². The summed E-state index contributed by atoms with van der Waals surface area (Å²) in [5, 5.41) is 3.57. The van der Waals surface area contributed by atoms with E-state index in [1.165, 1.54) is 36.3 Å². The molecule has 3 nitrogen and oxygen atoms in total. The Morgan fingerprint density at radius 2 is 2.16 bits per heavy atom. The number of nitrogens with zero attached hydrogens (tertiary/aromatic N) is 2. The highest BCUT2D eigenvalue weighted by molar-refractivity contribution is 7.98. The van der Waals surface area contributed by atoms with Crippen LogP contribution in [-0.2, 0) is 0 Å². The summed E-state index contributed by atoms with van der Waals surface area (Å²) in [5.74, 6) is 0.963. The Labute approximate surface area is 118 Å². The SMILES string of the molecule is CSc1cccc(-n2ccnc2NC2CCCC2)c1. The van der Waals surface area contributed by atoms with Gasteiger partial charge in [-0.3, -0.25) is 4.57 Å². The molecule has 1 N–H and O–H groups in total. The molecule has 1 fully saturated rings. The Morgan fingerprint density at radius 3 is 2.95 bits per heavy atom. The largest absolute Gasteiger partial charge is 0.353 e. The molecule has 4 heteroatoms. The van der Waals surface area contributed by atoms with Gasteiger partial charge in [0.2, 0.25) is 5.95 Å². The van der Waals surface area contributed by atoms with Crippen LogP contribution in [0.15, 0.2) is 41.6 Å². The molecule has 1 aromatic heterocycles. The smallest absolute Gasteiger partial charge is 0.207 e. The lowest BCUT2D eigenvalue weighted by Crippen LogP contribution is -2.17. The van der Waals surface area contributed by atoms with E-state index in [2.05, 4.69) is 45.4 Å². The lowest BCUT2D eigenvalue weighted by atomic mass is 10.2. The summed E-state index contributed by atoms with van der Waals surface area (Å²) in [4.78, 5) is 5.73. The normalized spacial score (nSPS) is 15.8. The van der Waals surface area contributed by atoms with E-state index < -0.39 is 0 Å². The summed E-state index contributed by atoms with van der Waals surface area (Å²) in [7, 11) is 0. The van der Waals surface area contributed by atoms with Crippen LogP contribution in [0.25, 0.3) is 5.69 Å². The summed E-state index contributed by atoms with van der Waals surface area (Å²) in [6.45, 7) is 0. The average Bonchev–Trinajstić information content (AvgIpc) is 3.11. The van der Waals surface area contributed by atoms with Crippen molar-refractivity contribution >= 4 is 17.7 Å². The summed E-state index contributed by atoms with van der Waals surface area (Å²) in [6.07, 6.45) is 11.2. The van der Waals surface area contributed by atoms with Crippen molar-refractivity contribution < 1.29 is 0 Å². The fourth-order valence-electron chi connectivity index (χ4n) is 2.63. The molecule has 3 rings (SSSR count). The van der Waals surface area contributed by atoms with Gasteiger partial charge in [0.25, 0.3) is 0 Å². The first-order valence-corrected chi connectivity index (χ1v) is 8.03. The predicted octanol–water partition coefficient (Wildman–Crippen LogP) is 3.95. The minimum atomic E-state index is 0.588. The van der Waals surface area contributed by atoms with Gasteiger partial charge in [-0.05, 0) is 37.3 Å². The van der Waals surface area contributed by atoms with Gasteiger partial charge in [-0.1, -0.05) is 18.9 Å². The van der Waals surface area contributed by atoms with Gasteiger partial charge in [0.15, 0.2) is 0 Å². The minimum Gasteiger partial charge on any atom is -0.353 e. The number of anilines is 1. The van der Waals surface area contributed by atoms with Gasteiger partial charge in [0.1, 0.15) is 0 Å². The van der Waals surface area contributed by atoms with Gasteiger partial charge < -0.3 is 5.32 Å². The van der Waals surface area contributed by atoms with Crippen LogP contribution in [0.4, 0.5) is 5.95 Å². The van der Waals surface area contributed by atoms with E-state index in [-0.39, 0.29) is 0 Å². The zero-order valence-corrected chi connectivity index (χ0v) is 12.0. The molecule has 0 radical (unpaired) electrons. The maximum Gasteiger partial charge on any atom is 0.207 e. The molecule has 19 heavy (non-hydrogen) atoms. The molecule has 0 atom stereocenters. The van der Waals surface area contributed by atoms with Gasteiger partial charge in [0.05, 0.1) is 0 Å². The Balaban J connectivity index is 1.85. The molecule has 0 amide bonds. The van der Waals surface area contributed by atoms with E-state index >= 15 is 0 Å². The zero-order chi connectivity index (χ0) is 13.1. The second kappa shape index (κ2) is 5.70. The maximum absolute atomic E-state index is 4.46. The first kappa shape index (κ1) is 12.6. The van der Waals surface area contributed by atoms with Crippen molar-refractivity contribution in [2.75, 3.05) is 11.6 Å². The second-order valence-corrected chi connectivity index (χ2v) is 5.83. The van der Waals surface area contributed by atoms with Crippen LogP contribution in [0.3, 0.4) is 0 Å².